The Bertz CT molecular complexity index is 450. The second-order valence-corrected chi connectivity index (χ2v) is 7.24. The predicted octanol–water partition coefficient (Wildman–Crippen LogP) is 1.97. The monoisotopic (exact) mass is 348 g/mol. The number of ether oxygens (including phenoxy) is 1. The van der Waals surface area contributed by atoms with Crippen molar-refractivity contribution in [3.05, 3.63) is 0 Å². The number of alkyl halides is 1. The quantitative estimate of drug-likeness (QED) is 0.541. The maximum Gasteiger partial charge on any atom is 0.407 e. The standard InChI is InChI=1S/C15H25ClN2O5/c1-15(2,3)23-14(22)17-7-5-4-6-11(13(20)21)18-9-10(16)8-12(18)19/h10-11H,4-9H2,1-3H3,(H,17,22)(H,20,21)/t10?,11-/m0/s1. The minimum absolute atomic E-state index is 0.186. The van der Waals surface area contributed by atoms with E-state index in [2.05, 4.69) is 5.32 Å². The molecular formula is C15H25ClN2O5. The summed E-state index contributed by atoms with van der Waals surface area (Å²) < 4.78 is 5.10. The van der Waals surface area contributed by atoms with Crippen molar-refractivity contribution in [3.63, 3.8) is 0 Å². The first kappa shape index (κ1) is 19.5. The topological polar surface area (TPSA) is 95.9 Å². The Morgan fingerprint density at radius 1 is 1.43 bits per heavy atom. The average molecular weight is 349 g/mol. The van der Waals surface area contributed by atoms with Crippen LogP contribution in [0.4, 0.5) is 4.79 Å². The van der Waals surface area contributed by atoms with Crippen LogP contribution in [0.2, 0.25) is 0 Å². The third kappa shape index (κ3) is 7.07. The van der Waals surface area contributed by atoms with E-state index in [9.17, 15) is 19.5 Å². The van der Waals surface area contributed by atoms with Gasteiger partial charge >= 0.3 is 12.1 Å². The summed E-state index contributed by atoms with van der Waals surface area (Å²) in [7, 11) is 0. The van der Waals surface area contributed by atoms with Crippen LogP contribution in [0, 0.1) is 0 Å². The van der Waals surface area contributed by atoms with Crippen LogP contribution in [0.3, 0.4) is 0 Å². The average Bonchev–Trinajstić information content (AvgIpc) is 2.70. The van der Waals surface area contributed by atoms with E-state index in [-0.39, 0.29) is 24.2 Å². The fourth-order valence-electron chi connectivity index (χ4n) is 2.37. The first-order valence-electron chi connectivity index (χ1n) is 7.73. The number of halogens is 1. The molecule has 0 saturated carbocycles. The summed E-state index contributed by atoms with van der Waals surface area (Å²) >= 11 is 5.91. The van der Waals surface area contributed by atoms with Crippen LogP contribution in [0.15, 0.2) is 0 Å². The molecule has 23 heavy (non-hydrogen) atoms. The molecule has 0 spiro atoms. The molecule has 8 heteroatoms. The van der Waals surface area contributed by atoms with E-state index in [1.807, 2.05) is 0 Å². The second kappa shape index (κ2) is 8.38. The van der Waals surface area contributed by atoms with Crippen molar-refractivity contribution in [3.8, 4) is 0 Å². The second-order valence-electron chi connectivity index (χ2n) is 6.63. The van der Waals surface area contributed by atoms with Gasteiger partial charge in [-0.1, -0.05) is 0 Å². The first-order valence-corrected chi connectivity index (χ1v) is 8.17. The van der Waals surface area contributed by atoms with Crippen molar-refractivity contribution in [1.29, 1.82) is 0 Å². The highest BCUT2D eigenvalue weighted by Gasteiger charge is 2.36. The molecule has 1 unspecified atom stereocenters. The van der Waals surface area contributed by atoms with E-state index in [1.165, 1.54) is 4.90 Å². The molecule has 0 radical (unpaired) electrons. The van der Waals surface area contributed by atoms with Crippen LogP contribution in [0.25, 0.3) is 0 Å². The number of carbonyl (C=O) groups excluding carboxylic acids is 2. The van der Waals surface area contributed by atoms with Gasteiger partial charge in [0, 0.05) is 19.5 Å². The van der Waals surface area contributed by atoms with E-state index in [0.29, 0.717) is 25.8 Å². The normalized spacial score (nSPS) is 19.6. The third-order valence-electron chi connectivity index (χ3n) is 3.35. The van der Waals surface area contributed by atoms with Crippen molar-refractivity contribution in [2.45, 2.75) is 63.5 Å². The summed E-state index contributed by atoms with van der Waals surface area (Å²) in [6, 6.07) is -0.854. The molecule has 1 rings (SSSR count). The molecule has 7 nitrogen and oxygen atoms in total. The zero-order valence-corrected chi connectivity index (χ0v) is 14.6. The number of carboxylic acid groups (broad SMARTS) is 1. The van der Waals surface area contributed by atoms with Crippen LogP contribution in [0.1, 0.15) is 46.5 Å². The lowest BCUT2D eigenvalue weighted by molar-refractivity contribution is -0.148. The number of aliphatic carboxylic acids is 1. The predicted molar refractivity (Wildman–Crippen MR) is 85.5 cm³/mol. The van der Waals surface area contributed by atoms with Crippen molar-refractivity contribution >= 4 is 29.6 Å². The first-order chi connectivity index (χ1) is 10.6. The Morgan fingerprint density at radius 3 is 2.57 bits per heavy atom. The highest BCUT2D eigenvalue weighted by molar-refractivity contribution is 6.22. The van der Waals surface area contributed by atoms with Gasteiger partial charge < -0.3 is 20.1 Å². The summed E-state index contributed by atoms with van der Waals surface area (Å²) in [5.41, 5.74) is -0.549. The van der Waals surface area contributed by atoms with E-state index < -0.39 is 23.7 Å². The summed E-state index contributed by atoms with van der Waals surface area (Å²) in [5.74, 6) is -1.24. The molecule has 2 amide bonds. The number of amides is 2. The molecule has 1 fully saturated rings. The number of unbranched alkanes of at least 4 members (excludes halogenated alkanes) is 1. The van der Waals surface area contributed by atoms with Crippen LogP contribution < -0.4 is 5.32 Å². The zero-order valence-electron chi connectivity index (χ0n) is 13.8. The van der Waals surface area contributed by atoms with Crippen molar-refractivity contribution in [2.24, 2.45) is 0 Å². The lowest BCUT2D eigenvalue weighted by atomic mass is 10.1. The van der Waals surface area contributed by atoms with Gasteiger partial charge in [-0.2, -0.15) is 0 Å². The number of alkyl carbamates (subject to hydrolysis) is 1. The fourth-order valence-corrected chi connectivity index (χ4v) is 2.65. The van der Waals surface area contributed by atoms with E-state index in [0.717, 1.165) is 0 Å². The van der Waals surface area contributed by atoms with E-state index >= 15 is 0 Å². The molecule has 0 aliphatic carbocycles. The van der Waals surface area contributed by atoms with Gasteiger partial charge in [-0.15, -0.1) is 11.6 Å². The molecule has 0 bridgehead atoms. The number of hydrogen-bond acceptors (Lipinski definition) is 4. The van der Waals surface area contributed by atoms with Gasteiger partial charge in [-0.05, 0) is 40.0 Å². The lowest BCUT2D eigenvalue weighted by Crippen LogP contribution is -2.42. The minimum Gasteiger partial charge on any atom is -0.480 e. The summed E-state index contributed by atoms with van der Waals surface area (Å²) in [6.45, 7) is 6.00. The molecular weight excluding hydrogens is 324 g/mol. The Labute approximate surface area is 141 Å². The number of rotatable bonds is 7. The zero-order chi connectivity index (χ0) is 17.6. The fraction of sp³-hybridized carbons (Fsp3) is 0.800. The van der Waals surface area contributed by atoms with Crippen molar-refractivity contribution in [1.82, 2.24) is 10.2 Å². The van der Waals surface area contributed by atoms with E-state index in [1.54, 1.807) is 20.8 Å². The Morgan fingerprint density at radius 2 is 2.09 bits per heavy atom. The molecule has 0 aromatic rings. The lowest BCUT2D eigenvalue weighted by Gasteiger charge is -2.24. The molecule has 1 saturated heterocycles. The summed E-state index contributed by atoms with van der Waals surface area (Å²) in [6.07, 6.45) is 1.21. The number of nitrogens with one attached hydrogen (secondary N) is 1. The Hall–Kier alpha value is -1.50. The molecule has 1 aliphatic heterocycles. The Kier molecular flexibility index (Phi) is 7.12. The maximum atomic E-state index is 11.7. The van der Waals surface area contributed by atoms with Crippen LogP contribution in [0.5, 0.6) is 0 Å². The van der Waals surface area contributed by atoms with Gasteiger partial charge in [0.2, 0.25) is 5.91 Å². The molecule has 2 N–H and O–H groups in total. The minimum atomic E-state index is -1.02. The summed E-state index contributed by atoms with van der Waals surface area (Å²) in [4.78, 5) is 35.9. The molecule has 1 heterocycles. The number of nitrogens with zero attached hydrogens (tertiary/aromatic N) is 1. The molecule has 2 atom stereocenters. The van der Waals surface area contributed by atoms with Crippen LogP contribution >= 0.6 is 11.6 Å². The largest absolute Gasteiger partial charge is 0.480 e. The van der Waals surface area contributed by atoms with Gasteiger partial charge in [0.1, 0.15) is 11.6 Å². The smallest absolute Gasteiger partial charge is 0.407 e. The highest BCUT2D eigenvalue weighted by Crippen LogP contribution is 2.21. The third-order valence-corrected chi connectivity index (χ3v) is 3.64. The number of carboxylic acids is 1. The van der Waals surface area contributed by atoms with Gasteiger partial charge in [0.15, 0.2) is 0 Å². The highest BCUT2D eigenvalue weighted by atomic mass is 35.5. The Balaban J connectivity index is 2.31. The molecule has 1 aliphatic rings. The van der Waals surface area contributed by atoms with Crippen LogP contribution in [-0.4, -0.2) is 58.1 Å². The van der Waals surface area contributed by atoms with E-state index in [4.69, 9.17) is 16.3 Å². The van der Waals surface area contributed by atoms with Crippen molar-refractivity contribution in [2.75, 3.05) is 13.1 Å². The van der Waals surface area contributed by atoms with Gasteiger partial charge in [-0.3, -0.25) is 4.79 Å². The van der Waals surface area contributed by atoms with Gasteiger partial charge in [0.05, 0.1) is 5.38 Å². The molecule has 0 aromatic heterocycles. The number of likely N-dealkylation sites (tertiary alicyclic amines) is 1. The van der Waals surface area contributed by atoms with Gasteiger partial charge in [-0.25, -0.2) is 9.59 Å². The van der Waals surface area contributed by atoms with Crippen LogP contribution in [-0.2, 0) is 14.3 Å². The number of hydrogen-bond donors (Lipinski definition) is 2. The maximum absolute atomic E-state index is 11.7. The van der Waals surface area contributed by atoms with Gasteiger partial charge in [0.25, 0.3) is 0 Å². The van der Waals surface area contributed by atoms with Crippen molar-refractivity contribution < 1.29 is 24.2 Å². The molecule has 0 aromatic carbocycles. The summed E-state index contributed by atoms with van der Waals surface area (Å²) in [5, 5.41) is 11.6. The SMILES string of the molecule is CC(C)(C)OC(=O)NCCCC[C@@H](C(=O)O)N1CC(Cl)CC1=O. The number of carbonyl (C=O) groups is 3. The molecule has 132 valence electrons.